The van der Waals surface area contributed by atoms with Gasteiger partial charge in [0.15, 0.2) is 0 Å². The van der Waals surface area contributed by atoms with Gasteiger partial charge in [0.05, 0.1) is 0 Å². The van der Waals surface area contributed by atoms with E-state index in [0.29, 0.717) is 18.8 Å². The third-order valence-electron chi connectivity index (χ3n) is 3.53. The fourth-order valence-corrected chi connectivity index (χ4v) is 2.47. The van der Waals surface area contributed by atoms with Crippen LogP contribution in [0.3, 0.4) is 0 Å². The Balaban J connectivity index is 1.86. The Hall–Kier alpha value is -2.30. The largest absolute Gasteiger partial charge is 0.398 e. The van der Waals surface area contributed by atoms with Gasteiger partial charge in [0.25, 0.3) is 5.91 Å². The van der Waals surface area contributed by atoms with E-state index in [2.05, 4.69) is 11.2 Å². The summed E-state index contributed by atoms with van der Waals surface area (Å²) in [5.74, 6) is -0.0329. The number of hydrogen-bond donors (Lipinski definition) is 1. The van der Waals surface area contributed by atoms with Crippen LogP contribution in [0.15, 0.2) is 30.5 Å². The number of benzene rings is 1. The predicted molar refractivity (Wildman–Crippen MR) is 72.5 cm³/mol. The molecule has 5 nitrogen and oxygen atoms in total. The standard InChI is InChI=1S/C14H16N4O/c1-17-7-6-13(16-17)14(19)18-8-5-10-3-2-4-12(15)11(10)9-18/h2-4,6-7H,5,8-9,15H2,1H3. The van der Waals surface area contributed by atoms with E-state index in [9.17, 15) is 4.79 Å². The molecule has 0 saturated carbocycles. The third-order valence-corrected chi connectivity index (χ3v) is 3.53. The van der Waals surface area contributed by atoms with Gasteiger partial charge in [0.1, 0.15) is 5.69 Å². The lowest BCUT2D eigenvalue weighted by Gasteiger charge is -2.29. The summed E-state index contributed by atoms with van der Waals surface area (Å²) in [5.41, 5.74) is 9.54. The van der Waals surface area contributed by atoms with Crippen LogP contribution in [0.5, 0.6) is 0 Å². The molecular weight excluding hydrogens is 240 g/mol. The molecule has 2 heterocycles. The van der Waals surface area contributed by atoms with E-state index in [-0.39, 0.29) is 5.91 Å². The van der Waals surface area contributed by atoms with E-state index in [1.807, 2.05) is 12.1 Å². The summed E-state index contributed by atoms with van der Waals surface area (Å²) in [7, 11) is 1.81. The summed E-state index contributed by atoms with van der Waals surface area (Å²) < 4.78 is 1.64. The Labute approximate surface area is 111 Å². The maximum atomic E-state index is 12.3. The van der Waals surface area contributed by atoms with Crippen LogP contribution in [0, 0.1) is 0 Å². The van der Waals surface area contributed by atoms with Gasteiger partial charge in [-0.15, -0.1) is 0 Å². The molecule has 98 valence electrons. The van der Waals surface area contributed by atoms with Crippen LogP contribution in [-0.2, 0) is 20.0 Å². The average molecular weight is 256 g/mol. The number of aromatic nitrogens is 2. The lowest BCUT2D eigenvalue weighted by molar-refractivity contribution is 0.0728. The van der Waals surface area contributed by atoms with Crippen molar-refractivity contribution < 1.29 is 4.79 Å². The van der Waals surface area contributed by atoms with Crippen molar-refractivity contribution in [2.45, 2.75) is 13.0 Å². The number of nitrogens with two attached hydrogens (primary N) is 1. The van der Waals surface area contributed by atoms with Gasteiger partial charge in [-0.3, -0.25) is 9.48 Å². The molecule has 0 aliphatic carbocycles. The number of carbonyl (C=O) groups is 1. The molecule has 19 heavy (non-hydrogen) atoms. The van der Waals surface area contributed by atoms with Crippen LogP contribution in [0.1, 0.15) is 21.6 Å². The van der Waals surface area contributed by atoms with Crippen LogP contribution in [0.25, 0.3) is 0 Å². The van der Waals surface area contributed by atoms with Gasteiger partial charge in [-0.25, -0.2) is 0 Å². The minimum atomic E-state index is -0.0329. The van der Waals surface area contributed by atoms with E-state index < -0.39 is 0 Å². The molecule has 0 bridgehead atoms. The zero-order valence-corrected chi connectivity index (χ0v) is 10.8. The highest BCUT2D eigenvalue weighted by atomic mass is 16.2. The highest BCUT2D eigenvalue weighted by Crippen LogP contribution is 2.24. The van der Waals surface area contributed by atoms with E-state index in [4.69, 9.17) is 5.73 Å². The van der Waals surface area contributed by atoms with Gasteiger partial charge in [0, 0.05) is 32.0 Å². The van der Waals surface area contributed by atoms with Crippen molar-refractivity contribution in [3.63, 3.8) is 0 Å². The molecule has 0 radical (unpaired) electrons. The number of aryl methyl sites for hydroxylation is 1. The van der Waals surface area contributed by atoms with Gasteiger partial charge in [-0.2, -0.15) is 5.10 Å². The first-order valence-corrected chi connectivity index (χ1v) is 6.30. The monoisotopic (exact) mass is 256 g/mol. The Morgan fingerprint density at radius 3 is 2.95 bits per heavy atom. The van der Waals surface area contributed by atoms with E-state index >= 15 is 0 Å². The van der Waals surface area contributed by atoms with Crippen molar-refractivity contribution >= 4 is 11.6 Å². The number of nitrogens with zero attached hydrogens (tertiary/aromatic N) is 3. The first-order valence-electron chi connectivity index (χ1n) is 6.30. The van der Waals surface area contributed by atoms with E-state index in [0.717, 1.165) is 17.7 Å². The van der Waals surface area contributed by atoms with Crippen LogP contribution in [0.4, 0.5) is 5.69 Å². The van der Waals surface area contributed by atoms with Crippen molar-refractivity contribution in [2.75, 3.05) is 12.3 Å². The van der Waals surface area contributed by atoms with E-state index in [1.54, 1.807) is 28.9 Å². The van der Waals surface area contributed by atoms with Crippen LogP contribution < -0.4 is 5.73 Å². The average Bonchev–Trinajstić information content (AvgIpc) is 2.85. The highest BCUT2D eigenvalue weighted by molar-refractivity contribution is 5.92. The number of carbonyl (C=O) groups excluding carboxylic acids is 1. The zero-order chi connectivity index (χ0) is 13.4. The first kappa shape index (κ1) is 11.8. The second-order valence-electron chi connectivity index (χ2n) is 4.84. The van der Waals surface area contributed by atoms with Crippen molar-refractivity contribution in [3.8, 4) is 0 Å². The molecule has 1 aliphatic rings. The molecule has 0 spiro atoms. The second-order valence-corrected chi connectivity index (χ2v) is 4.84. The maximum absolute atomic E-state index is 12.3. The quantitative estimate of drug-likeness (QED) is 0.780. The summed E-state index contributed by atoms with van der Waals surface area (Å²) in [6, 6.07) is 7.67. The summed E-state index contributed by atoms with van der Waals surface area (Å²) in [6.07, 6.45) is 2.62. The number of rotatable bonds is 1. The molecule has 1 amide bonds. The minimum Gasteiger partial charge on any atom is -0.398 e. The number of nitrogen functional groups attached to an aromatic ring is 1. The summed E-state index contributed by atoms with van der Waals surface area (Å²) in [4.78, 5) is 14.2. The third kappa shape index (κ3) is 2.07. The zero-order valence-electron chi connectivity index (χ0n) is 10.8. The van der Waals surface area contributed by atoms with Crippen molar-refractivity contribution in [1.29, 1.82) is 0 Å². The number of fused-ring (bicyclic) bond motifs is 1. The van der Waals surface area contributed by atoms with E-state index in [1.165, 1.54) is 5.56 Å². The Kier molecular flexibility index (Phi) is 2.74. The Morgan fingerprint density at radius 2 is 2.21 bits per heavy atom. The van der Waals surface area contributed by atoms with Crippen LogP contribution in [-0.4, -0.2) is 27.1 Å². The molecule has 0 unspecified atom stereocenters. The van der Waals surface area contributed by atoms with Gasteiger partial charge < -0.3 is 10.6 Å². The molecule has 0 atom stereocenters. The van der Waals surface area contributed by atoms with Crippen molar-refractivity contribution in [1.82, 2.24) is 14.7 Å². The molecule has 1 aromatic heterocycles. The lowest BCUT2D eigenvalue weighted by atomic mass is 9.98. The second kappa shape index (κ2) is 4.42. The fourth-order valence-electron chi connectivity index (χ4n) is 2.47. The van der Waals surface area contributed by atoms with Gasteiger partial charge in [0.2, 0.25) is 0 Å². The topological polar surface area (TPSA) is 64.2 Å². The molecule has 0 saturated heterocycles. The smallest absolute Gasteiger partial charge is 0.274 e. The number of anilines is 1. The lowest BCUT2D eigenvalue weighted by Crippen LogP contribution is -2.36. The molecule has 2 N–H and O–H groups in total. The first-order chi connectivity index (χ1) is 9.15. The van der Waals surface area contributed by atoms with Gasteiger partial charge >= 0.3 is 0 Å². The SMILES string of the molecule is Cn1ccc(C(=O)N2CCc3cccc(N)c3C2)n1. The Bertz CT molecular complexity index is 632. The summed E-state index contributed by atoms with van der Waals surface area (Å²) in [6.45, 7) is 1.28. The molecular formula is C14H16N4O. The van der Waals surface area contributed by atoms with Gasteiger partial charge in [-0.05, 0) is 29.7 Å². The highest BCUT2D eigenvalue weighted by Gasteiger charge is 2.24. The molecule has 2 aromatic rings. The molecule has 0 fully saturated rings. The Morgan fingerprint density at radius 1 is 1.37 bits per heavy atom. The normalized spacial score (nSPS) is 14.3. The predicted octanol–water partition coefficient (Wildman–Crippen LogP) is 1.20. The molecule has 5 heteroatoms. The fraction of sp³-hybridized carbons (Fsp3) is 0.286. The molecule has 1 aliphatic heterocycles. The molecule has 1 aromatic carbocycles. The number of amides is 1. The molecule has 3 rings (SSSR count). The van der Waals surface area contributed by atoms with Crippen LogP contribution >= 0.6 is 0 Å². The van der Waals surface area contributed by atoms with Crippen molar-refractivity contribution in [3.05, 3.63) is 47.3 Å². The summed E-state index contributed by atoms with van der Waals surface area (Å²) in [5, 5.41) is 4.16. The van der Waals surface area contributed by atoms with Gasteiger partial charge in [-0.1, -0.05) is 12.1 Å². The van der Waals surface area contributed by atoms with Crippen LogP contribution in [0.2, 0.25) is 0 Å². The summed E-state index contributed by atoms with van der Waals surface area (Å²) >= 11 is 0. The maximum Gasteiger partial charge on any atom is 0.274 e. The van der Waals surface area contributed by atoms with Crippen molar-refractivity contribution in [2.24, 2.45) is 7.05 Å². The number of hydrogen-bond acceptors (Lipinski definition) is 3. The minimum absolute atomic E-state index is 0.0329.